The average molecular weight is 322 g/mol. The highest BCUT2D eigenvalue weighted by molar-refractivity contribution is 6.15. The Morgan fingerprint density at radius 3 is 2.04 bits per heavy atom. The Bertz CT molecular complexity index is 664. The number of fused-ring (bicyclic) bond motifs is 1. The molecule has 0 N–H and O–H groups in total. The van der Waals surface area contributed by atoms with Gasteiger partial charge in [0.05, 0.1) is 34.0 Å². The van der Waals surface area contributed by atoms with Gasteiger partial charge in [-0.15, -0.1) is 0 Å². The molecule has 1 aliphatic rings. The molecule has 0 aromatic heterocycles. The Labute approximate surface area is 135 Å². The van der Waals surface area contributed by atoms with E-state index >= 15 is 0 Å². The first-order valence-corrected chi connectivity index (χ1v) is 7.31. The van der Waals surface area contributed by atoms with Crippen LogP contribution in [0.4, 0.5) is 0 Å². The van der Waals surface area contributed by atoms with Gasteiger partial charge in [0, 0.05) is 11.1 Å². The van der Waals surface area contributed by atoms with Crippen LogP contribution in [-0.2, 0) is 16.0 Å². The fraction of sp³-hybridized carbons (Fsp3) is 0.529. The summed E-state index contributed by atoms with van der Waals surface area (Å²) in [6.07, 6.45) is 0.833. The lowest BCUT2D eigenvalue weighted by Gasteiger charge is -2.33. The molecule has 1 atom stereocenters. The number of hydrogen-bond acceptors (Lipinski definition) is 6. The number of carbonyl (C=O) groups is 2. The molecule has 1 aromatic carbocycles. The van der Waals surface area contributed by atoms with Crippen LogP contribution in [0.25, 0.3) is 0 Å². The lowest BCUT2D eigenvalue weighted by molar-refractivity contribution is -0.149. The Hall–Kier alpha value is -2.24. The molecular formula is C17H22O6. The van der Waals surface area contributed by atoms with Crippen LogP contribution in [0.5, 0.6) is 17.2 Å². The zero-order valence-electron chi connectivity index (χ0n) is 14.4. The van der Waals surface area contributed by atoms with E-state index in [1.165, 1.54) is 21.3 Å². The van der Waals surface area contributed by atoms with Crippen LogP contribution in [-0.4, -0.2) is 40.2 Å². The Kier molecular flexibility index (Phi) is 4.54. The molecule has 0 aliphatic heterocycles. The van der Waals surface area contributed by atoms with Crippen molar-refractivity contribution in [3.63, 3.8) is 0 Å². The van der Waals surface area contributed by atoms with E-state index in [9.17, 15) is 9.59 Å². The maximum Gasteiger partial charge on any atom is 0.319 e. The van der Waals surface area contributed by atoms with Gasteiger partial charge in [-0.2, -0.15) is 0 Å². The summed E-state index contributed by atoms with van der Waals surface area (Å²) in [6.45, 7) is 3.40. The van der Waals surface area contributed by atoms with Crippen molar-refractivity contribution in [3.05, 3.63) is 16.7 Å². The molecule has 0 radical (unpaired) electrons. The summed E-state index contributed by atoms with van der Waals surface area (Å²) < 4.78 is 21.2. The van der Waals surface area contributed by atoms with Crippen LogP contribution < -0.4 is 14.2 Å². The molecule has 1 aromatic rings. The molecule has 0 saturated carbocycles. The van der Waals surface area contributed by atoms with Crippen LogP contribution in [0, 0.1) is 12.3 Å². The summed E-state index contributed by atoms with van der Waals surface area (Å²) in [5.74, 6) is 0.616. The summed E-state index contributed by atoms with van der Waals surface area (Å²) in [6, 6.07) is 0. The number of benzene rings is 1. The predicted molar refractivity (Wildman–Crippen MR) is 83.6 cm³/mol. The normalized spacial score (nSPS) is 19.8. The number of esters is 1. The molecule has 2 rings (SSSR count). The first kappa shape index (κ1) is 17.1. The summed E-state index contributed by atoms with van der Waals surface area (Å²) in [5.41, 5.74) is 0.522. The topological polar surface area (TPSA) is 71.1 Å². The number of rotatable bonds is 4. The number of methoxy groups -OCH3 is 4. The quantitative estimate of drug-likeness (QED) is 0.626. The van der Waals surface area contributed by atoms with Gasteiger partial charge in [0.15, 0.2) is 17.3 Å². The summed E-state index contributed by atoms with van der Waals surface area (Å²) in [7, 11) is 5.85. The second-order valence-electron chi connectivity index (χ2n) is 5.73. The lowest BCUT2D eigenvalue weighted by atomic mass is 9.70. The Morgan fingerprint density at radius 2 is 1.57 bits per heavy atom. The van der Waals surface area contributed by atoms with Crippen molar-refractivity contribution in [3.8, 4) is 17.2 Å². The number of Topliss-reactive ketones (excluding diaryl/α,β-unsaturated/α-hetero) is 1. The molecule has 1 aliphatic carbocycles. The molecule has 23 heavy (non-hydrogen) atoms. The van der Waals surface area contributed by atoms with Crippen molar-refractivity contribution in [1.29, 1.82) is 0 Å². The van der Waals surface area contributed by atoms with Gasteiger partial charge in [0.2, 0.25) is 0 Å². The first-order valence-electron chi connectivity index (χ1n) is 7.31. The molecule has 0 amide bonds. The second kappa shape index (κ2) is 6.10. The van der Waals surface area contributed by atoms with Gasteiger partial charge in [-0.05, 0) is 26.7 Å². The third kappa shape index (κ3) is 2.33. The summed E-state index contributed by atoms with van der Waals surface area (Å²) in [4.78, 5) is 25.2. The van der Waals surface area contributed by atoms with Crippen molar-refractivity contribution in [2.75, 3.05) is 28.4 Å². The third-order valence-electron chi connectivity index (χ3n) is 4.54. The van der Waals surface area contributed by atoms with Gasteiger partial charge < -0.3 is 18.9 Å². The smallest absolute Gasteiger partial charge is 0.319 e. The van der Waals surface area contributed by atoms with Gasteiger partial charge >= 0.3 is 5.97 Å². The second-order valence-corrected chi connectivity index (χ2v) is 5.73. The van der Waals surface area contributed by atoms with Crippen molar-refractivity contribution in [1.82, 2.24) is 0 Å². The molecule has 0 unspecified atom stereocenters. The van der Waals surface area contributed by atoms with Crippen molar-refractivity contribution < 1.29 is 28.5 Å². The van der Waals surface area contributed by atoms with E-state index in [4.69, 9.17) is 18.9 Å². The van der Waals surface area contributed by atoms with E-state index in [1.54, 1.807) is 21.0 Å². The van der Waals surface area contributed by atoms with Crippen LogP contribution in [0.2, 0.25) is 0 Å². The fourth-order valence-electron chi connectivity index (χ4n) is 3.23. The number of carbonyl (C=O) groups excluding carboxylic acids is 2. The highest BCUT2D eigenvalue weighted by Gasteiger charge is 2.48. The van der Waals surface area contributed by atoms with Crippen molar-refractivity contribution in [2.45, 2.75) is 26.7 Å². The minimum Gasteiger partial charge on any atom is -0.496 e. The van der Waals surface area contributed by atoms with Crippen molar-refractivity contribution in [2.24, 2.45) is 5.41 Å². The molecule has 6 heteroatoms. The van der Waals surface area contributed by atoms with Crippen LogP contribution in [0.1, 0.15) is 34.8 Å². The molecule has 126 valence electrons. The number of ether oxygens (including phenoxy) is 4. The average Bonchev–Trinajstić information content (AvgIpc) is 2.56. The van der Waals surface area contributed by atoms with E-state index in [0.29, 0.717) is 46.8 Å². The van der Waals surface area contributed by atoms with E-state index < -0.39 is 11.4 Å². The minimum absolute atomic E-state index is 0.313. The Morgan fingerprint density at radius 1 is 1.00 bits per heavy atom. The summed E-state index contributed by atoms with van der Waals surface area (Å²) >= 11 is 0. The highest BCUT2D eigenvalue weighted by atomic mass is 16.5. The molecule has 0 fully saturated rings. The molecular weight excluding hydrogens is 300 g/mol. The van der Waals surface area contributed by atoms with Crippen LogP contribution >= 0.6 is 0 Å². The monoisotopic (exact) mass is 322 g/mol. The fourth-order valence-corrected chi connectivity index (χ4v) is 3.23. The molecule has 6 nitrogen and oxygen atoms in total. The van der Waals surface area contributed by atoms with Gasteiger partial charge in [0.25, 0.3) is 0 Å². The molecule has 0 heterocycles. The van der Waals surface area contributed by atoms with Gasteiger partial charge in [-0.1, -0.05) is 0 Å². The summed E-state index contributed by atoms with van der Waals surface area (Å²) in [5, 5.41) is 0. The molecule has 0 saturated heterocycles. The SMILES string of the molecule is COC(=O)[C@]1(C)CCc2c(OC)c(OC)c(C)c(OC)c2C1=O. The predicted octanol–water partition coefficient (Wildman–Crippen LogP) is 2.33. The standard InChI is InChI=1S/C17H22O6/c1-9-12(20-3)11-10(14(22-5)13(9)21-4)7-8-17(2,15(11)18)16(19)23-6/h7-8H2,1-6H3/t17-/m1/s1. The van der Waals surface area contributed by atoms with Crippen molar-refractivity contribution >= 4 is 11.8 Å². The molecule has 0 spiro atoms. The third-order valence-corrected chi connectivity index (χ3v) is 4.54. The maximum atomic E-state index is 13.1. The van der Waals surface area contributed by atoms with Gasteiger partial charge in [0.1, 0.15) is 11.2 Å². The van der Waals surface area contributed by atoms with E-state index in [0.717, 1.165) is 0 Å². The zero-order valence-corrected chi connectivity index (χ0v) is 14.4. The van der Waals surface area contributed by atoms with E-state index in [-0.39, 0.29) is 5.78 Å². The molecule has 0 bridgehead atoms. The van der Waals surface area contributed by atoms with Gasteiger partial charge in [-0.25, -0.2) is 0 Å². The largest absolute Gasteiger partial charge is 0.496 e. The minimum atomic E-state index is -1.22. The first-order chi connectivity index (χ1) is 10.9. The Balaban J connectivity index is 2.78. The highest BCUT2D eigenvalue weighted by Crippen LogP contribution is 2.49. The zero-order chi connectivity index (χ0) is 17.4. The van der Waals surface area contributed by atoms with E-state index in [2.05, 4.69) is 0 Å². The maximum absolute atomic E-state index is 13.1. The number of hydrogen-bond donors (Lipinski definition) is 0. The lowest BCUT2D eigenvalue weighted by Crippen LogP contribution is -2.41. The number of ketones is 1. The van der Waals surface area contributed by atoms with Crippen LogP contribution in [0.15, 0.2) is 0 Å². The van der Waals surface area contributed by atoms with Crippen LogP contribution in [0.3, 0.4) is 0 Å². The van der Waals surface area contributed by atoms with Gasteiger partial charge in [-0.3, -0.25) is 9.59 Å². The van der Waals surface area contributed by atoms with E-state index in [1.807, 2.05) is 0 Å².